The van der Waals surface area contributed by atoms with E-state index < -0.39 is 15.8 Å². The van der Waals surface area contributed by atoms with E-state index >= 15 is 0 Å². The van der Waals surface area contributed by atoms with Gasteiger partial charge >= 0.3 is 5.97 Å². The van der Waals surface area contributed by atoms with E-state index in [1.165, 1.54) is 4.68 Å². The number of carbonyl (C=O) groups excluding carboxylic acids is 1. The van der Waals surface area contributed by atoms with Gasteiger partial charge in [-0.15, -0.1) is 0 Å². The van der Waals surface area contributed by atoms with Crippen LogP contribution in [-0.4, -0.2) is 30.8 Å². The first kappa shape index (κ1) is 19.8. The second-order valence-electron chi connectivity index (χ2n) is 6.69. The molecule has 0 aliphatic carbocycles. The molecule has 1 aliphatic heterocycles. The van der Waals surface area contributed by atoms with Gasteiger partial charge in [0.15, 0.2) is 15.5 Å². The van der Waals surface area contributed by atoms with E-state index in [1.54, 1.807) is 31.2 Å². The summed E-state index contributed by atoms with van der Waals surface area (Å²) >= 11 is 0. The summed E-state index contributed by atoms with van der Waals surface area (Å²) in [4.78, 5) is 12.7. The first-order valence-electron chi connectivity index (χ1n) is 8.82. The highest BCUT2D eigenvalue weighted by atomic mass is 32.2. The third-order valence-electron chi connectivity index (χ3n) is 4.43. The summed E-state index contributed by atoms with van der Waals surface area (Å²) in [5.74, 6) is -0.967. The lowest BCUT2D eigenvalue weighted by Gasteiger charge is -2.21. The van der Waals surface area contributed by atoms with Crippen molar-refractivity contribution in [1.29, 1.82) is 0 Å². The van der Waals surface area contributed by atoms with Crippen molar-refractivity contribution in [3.8, 4) is 11.3 Å². The highest BCUT2D eigenvalue weighted by Gasteiger charge is 2.37. The standard InChI is InChI=1S/C21H22N2O4S/c1-6-27-21(24)19-16-12-28(25,26)17-9-7-8-14(4)18(17)20(16)23(22-19)15(5)11-10-13(2)3/h7-11H,2,5-6,12H2,1,3-4H3. The monoisotopic (exact) mass is 398 g/mol. The number of benzene rings is 1. The third kappa shape index (κ3) is 3.33. The molecule has 0 bridgehead atoms. The Bertz CT molecular complexity index is 1140. The number of carbonyl (C=O) groups is 1. The van der Waals surface area contributed by atoms with Crippen molar-refractivity contribution >= 4 is 21.5 Å². The van der Waals surface area contributed by atoms with E-state index in [-0.39, 0.29) is 22.9 Å². The lowest BCUT2D eigenvalue weighted by Crippen LogP contribution is -2.17. The van der Waals surface area contributed by atoms with Crippen LogP contribution in [0.25, 0.3) is 17.0 Å². The smallest absolute Gasteiger partial charge is 0.359 e. The van der Waals surface area contributed by atoms with Gasteiger partial charge in [-0.25, -0.2) is 17.9 Å². The SMILES string of the molecule is C=C(C)C=CC(=C)n1nc(C(=O)OCC)c2c1-c1c(C)cccc1S(=O)(=O)C2. The molecule has 1 aromatic carbocycles. The maximum absolute atomic E-state index is 12.9. The van der Waals surface area contributed by atoms with E-state index in [1.807, 2.05) is 19.9 Å². The Labute approximate surface area is 164 Å². The van der Waals surface area contributed by atoms with Crippen LogP contribution in [0, 0.1) is 6.92 Å². The number of aryl methyl sites for hydroxylation is 1. The predicted octanol–water partition coefficient (Wildman–Crippen LogP) is 3.93. The highest BCUT2D eigenvalue weighted by molar-refractivity contribution is 7.90. The van der Waals surface area contributed by atoms with Gasteiger partial charge in [0.05, 0.1) is 28.6 Å². The van der Waals surface area contributed by atoms with Crippen LogP contribution in [0.15, 0.2) is 54.0 Å². The fraction of sp³-hybridized carbons (Fsp3) is 0.238. The van der Waals surface area contributed by atoms with Crippen LogP contribution in [0.3, 0.4) is 0 Å². The van der Waals surface area contributed by atoms with Gasteiger partial charge in [-0.3, -0.25) is 0 Å². The molecule has 0 saturated heterocycles. The van der Waals surface area contributed by atoms with Gasteiger partial charge in [0.1, 0.15) is 0 Å². The average Bonchev–Trinajstić information content (AvgIpc) is 2.98. The molecule has 0 amide bonds. The molecule has 0 N–H and O–H groups in total. The van der Waals surface area contributed by atoms with Gasteiger partial charge in [-0.2, -0.15) is 5.10 Å². The van der Waals surface area contributed by atoms with E-state index in [9.17, 15) is 13.2 Å². The quantitative estimate of drug-likeness (QED) is 0.563. The van der Waals surface area contributed by atoms with Crippen molar-refractivity contribution in [3.63, 3.8) is 0 Å². The third-order valence-corrected chi connectivity index (χ3v) is 6.10. The summed E-state index contributed by atoms with van der Waals surface area (Å²) in [6, 6.07) is 5.12. The number of aromatic nitrogens is 2. The Balaban J connectivity index is 2.34. The number of fused-ring (bicyclic) bond motifs is 3. The molecule has 6 nitrogen and oxygen atoms in total. The second-order valence-corrected chi connectivity index (χ2v) is 8.64. The maximum Gasteiger partial charge on any atom is 0.359 e. The Kier molecular flexibility index (Phi) is 5.12. The van der Waals surface area contributed by atoms with Gasteiger partial charge < -0.3 is 4.74 Å². The molecule has 28 heavy (non-hydrogen) atoms. The molecule has 1 aromatic heterocycles. The second kappa shape index (κ2) is 7.24. The molecule has 0 unspecified atom stereocenters. The van der Waals surface area contributed by atoms with Crippen molar-refractivity contribution in [2.45, 2.75) is 31.4 Å². The van der Waals surface area contributed by atoms with Crippen molar-refractivity contribution in [3.05, 3.63) is 65.9 Å². The zero-order valence-electron chi connectivity index (χ0n) is 16.2. The summed E-state index contributed by atoms with van der Waals surface area (Å²) in [5, 5.41) is 4.39. The Morgan fingerprint density at radius 2 is 2.04 bits per heavy atom. The first-order chi connectivity index (χ1) is 13.2. The molecule has 3 rings (SSSR count). The largest absolute Gasteiger partial charge is 0.461 e. The number of allylic oxidation sites excluding steroid dienone is 4. The minimum Gasteiger partial charge on any atom is -0.461 e. The number of rotatable bonds is 5. The fourth-order valence-electron chi connectivity index (χ4n) is 3.20. The number of nitrogens with zero attached hydrogens (tertiary/aromatic N) is 2. The van der Waals surface area contributed by atoms with Gasteiger partial charge in [-0.1, -0.05) is 36.9 Å². The van der Waals surface area contributed by atoms with Crippen molar-refractivity contribution in [1.82, 2.24) is 9.78 Å². The Morgan fingerprint density at radius 3 is 2.68 bits per heavy atom. The minimum atomic E-state index is -3.61. The molecule has 7 heteroatoms. The summed E-state index contributed by atoms with van der Waals surface area (Å²) < 4.78 is 32.4. The van der Waals surface area contributed by atoms with Crippen LogP contribution in [-0.2, 0) is 20.3 Å². The predicted molar refractivity (Wildman–Crippen MR) is 109 cm³/mol. The van der Waals surface area contributed by atoms with Crippen LogP contribution < -0.4 is 0 Å². The molecular weight excluding hydrogens is 376 g/mol. The van der Waals surface area contributed by atoms with Crippen molar-refractivity contribution in [2.75, 3.05) is 6.61 Å². The molecule has 0 saturated carbocycles. The Morgan fingerprint density at radius 1 is 1.32 bits per heavy atom. The van der Waals surface area contributed by atoms with Crippen LogP contribution in [0.4, 0.5) is 0 Å². The van der Waals surface area contributed by atoms with Crippen molar-refractivity contribution in [2.24, 2.45) is 0 Å². The first-order valence-corrected chi connectivity index (χ1v) is 10.5. The summed E-state index contributed by atoms with van der Waals surface area (Å²) in [6.07, 6.45) is 3.50. The van der Waals surface area contributed by atoms with Crippen LogP contribution in [0.2, 0.25) is 0 Å². The number of ether oxygens (including phenoxy) is 1. The molecule has 146 valence electrons. The molecule has 1 aliphatic rings. The maximum atomic E-state index is 12.9. The van der Waals surface area contributed by atoms with E-state index in [4.69, 9.17) is 4.74 Å². The Hall–Kier alpha value is -2.93. The lowest BCUT2D eigenvalue weighted by atomic mass is 10.0. The molecule has 0 atom stereocenters. The van der Waals surface area contributed by atoms with E-state index in [0.717, 1.165) is 11.1 Å². The average molecular weight is 398 g/mol. The summed E-state index contributed by atoms with van der Waals surface area (Å²) in [5.41, 5.74) is 3.52. The zero-order valence-corrected chi connectivity index (χ0v) is 17.0. The molecular formula is C21H22N2O4S. The number of esters is 1. The van der Waals surface area contributed by atoms with Crippen LogP contribution in [0.5, 0.6) is 0 Å². The van der Waals surface area contributed by atoms with Crippen LogP contribution >= 0.6 is 0 Å². The van der Waals surface area contributed by atoms with Gasteiger partial charge in [0, 0.05) is 11.1 Å². The van der Waals surface area contributed by atoms with Gasteiger partial charge in [0.25, 0.3) is 0 Å². The van der Waals surface area contributed by atoms with Gasteiger partial charge in [0.2, 0.25) is 0 Å². The van der Waals surface area contributed by atoms with Crippen LogP contribution in [0.1, 0.15) is 35.5 Å². The molecule has 0 spiro atoms. The van der Waals surface area contributed by atoms with E-state index in [2.05, 4.69) is 18.3 Å². The van der Waals surface area contributed by atoms with Gasteiger partial charge in [-0.05, 0) is 38.5 Å². The minimum absolute atomic E-state index is 0.000738. The molecule has 2 heterocycles. The number of hydrogen-bond acceptors (Lipinski definition) is 5. The lowest BCUT2D eigenvalue weighted by molar-refractivity contribution is 0.0518. The molecule has 0 fully saturated rings. The normalized spacial score (nSPS) is 14.4. The van der Waals surface area contributed by atoms with Crippen molar-refractivity contribution < 1.29 is 17.9 Å². The summed E-state index contributed by atoms with van der Waals surface area (Å²) in [7, 11) is -3.61. The number of hydrogen-bond donors (Lipinski definition) is 0. The molecule has 2 aromatic rings. The highest BCUT2D eigenvalue weighted by Crippen LogP contribution is 2.42. The van der Waals surface area contributed by atoms with E-state index in [0.29, 0.717) is 22.5 Å². The fourth-order valence-corrected chi connectivity index (χ4v) is 4.86. The molecule has 0 radical (unpaired) electrons. The summed E-state index contributed by atoms with van der Waals surface area (Å²) in [6.45, 7) is 13.4. The topological polar surface area (TPSA) is 78.3 Å². The number of sulfone groups is 1. The zero-order chi connectivity index (χ0) is 20.6.